The minimum atomic E-state index is -0.308. The van der Waals surface area contributed by atoms with Crippen molar-refractivity contribution in [2.24, 2.45) is 7.05 Å². The lowest BCUT2D eigenvalue weighted by Crippen LogP contribution is -2.44. The zero-order valence-electron chi connectivity index (χ0n) is 14.2. The number of fused-ring (bicyclic) bond motifs is 1. The molecular weight excluding hydrogens is 307 g/mol. The quantitative estimate of drug-likeness (QED) is 0.846. The molecule has 1 aromatic carbocycles. The highest BCUT2D eigenvalue weighted by atomic mass is 19.1. The molecule has 2 heterocycles. The maximum Gasteiger partial charge on any atom is 0.227 e. The van der Waals surface area contributed by atoms with Crippen LogP contribution in [0.1, 0.15) is 25.3 Å². The molecule has 1 aliphatic rings. The first-order valence-electron chi connectivity index (χ1n) is 8.41. The Labute approximate surface area is 141 Å². The smallest absolute Gasteiger partial charge is 0.227 e. The van der Waals surface area contributed by atoms with Crippen molar-refractivity contribution in [3.05, 3.63) is 42.0 Å². The summed E-state index contributed by atoms with van der Waals surface area (Å²) in [6, 6.07) is 4.71. The molecule has 2 aromatic rings. The summed E-state index contributed by atoms with van der Waals surface area (Å²) >= 11 is 0. The minimum absolute atomic E-state index is 0.0295. The Morgan fingerprint density at radius 3 is 2.83 bits per heavy atom. The second-order valence-corrected chi connectivity index (χ2v) is 6.19. The SMILES string of the molecule is CCCN1CCN(C(=O)CCc2cnn(C)c2)c2cc(F)ccc21. The predicted octanol–water partition coefficient (Wildman–Crippen LogP) is 2.76. The van der Waals surface area contributed by atoms with Gasteiger partial charge in [-0.1, -0.05) is 6.92 Å². The lowest BCUT2D eigenvalue weighted by atomic mass is 10.1. The zero-order chi connectivity index (χ0) is 17.1. The van der Waals surface area contributed by atoms with Gasteiger partial charge in [0.1, 0.15) is 5.82 Å². The van der Waals surface area contributed by atoms with Crippen LogP contribution in [0, 0.1) is 5.82 Å². The lowest BCUT2D eigenvalue weighted by Gasteiger charge is -2.37. The molecule has 5 nitrogen and oxygen atoms in total. The molecule has 24 heavy (non-hydrogen) atoms. The highest BCUT2D eigenvalue weighted by Crippen LogP contribution is 2.34. The van der Waals surface area contributed by atoms with E-state index in [0.29, 0.717) is 25.1 Å². The van der Waals surface area contributed by atoms with E-state index >= 15 is 0 Å². The van der Waals surface area contributed by atoms with Crippen molar-refractivity contribution < 1.29 is 9.18 Å². The Kier molecular flexibility index (Phi) is 4.83. The fourth-order valence-electron chi connectivity index (χ4n) is 3.19. The Bertz CT molecular complexity index is 728. The van der Waals surface area contributed by atoms with Gasteiger partial charge in [0.2, 0.25) is 5.91 Å². The third kappa shape index (κ3) is 3.42. The van der Waals surface area contributed by atoms with Crippen molar-refractivity contribution in [1.82, 2.24) is 9.78 Å². The predicted molar refractivity (Wildman–Crippen MR) is 92.8 cm³/mol. The summed E-state index contributed by atoms with van der Waals surface area (Å²) in [6.45, 7) is 4.42. The van der Waals surface area contributed by atoms with Gasteiger partial charge in [0.25, 0.3) is 0 Å². The second kappa shape index (κ2) is 7.03. The van der Waals surface area contributed by atoms with E-state index in [1.807, 2.05) is 13.2 Å². The number of halogens is 1. The maximum atomic E-state index is 13.7. The van der Waals surface area contributed by atoms with E-state index in [4.69, 9.17) is 0 Å². The van der Waals surface area contributed by atoms with Crippen LogP contribution in [0.3, 0.4) is 0 Å². The van der Waals surface area contributed by atoms with E-state index in [0.717, 1.165) is 30.8 Å². The summed E-state index contributed by atoms with van der Waals surface area (Å²) < 4.78 is 15.5. The summed E-state index contributed by atoms with van der Waals surface area (Å²) in [5, 5.41) is 4.12. The van der Waals surface area contributed by atoms with Gasteiger partial charge in [0.05, 0.1) is 17.6 Å². The Morgan fingerprint density at radius 2 is 2.12 bits per heavy atom. The number of hydrogen-bond donors (Lipinski definition) is 0. The summed E-state index contributed by atoms with van der Waals surface area (Å²) in [4.78, 5) is 16.6. The van der Waals surface area contributed by atoms with Crippen LogP contribution in [0.15, 0.2) is 30.6 Å². The Hall–Kier alpha value is -2.37. The summed E-state index contributed by atoms with van der Waals surface area (Å²) in [5.41, 5.74) is 2.67. The van der Waals surface area contributed by atoms with Gasteiger partial charge in [-0.3, -0.25) is 9.48 Å². The molecule has 0 spiro atoms. The number of amides is 1. The minimum Gasteiger partial charge on any atom is -0.368 e. The molecule has 0 saturated heterocycles. The molecule has 0 saturated carbocycles. The fraction of sp³-hybridized carbons (Fsp3) is 0.444. The van der Waals surface area contributed by atoms with Gasteiger partial charge in [0.15, 0.2) is 0 Å². The molecule has 128 valence electrons. The number of aromatic nitrogens is 2. The van der Waals surface area contributed by atoms with Crippen LogP contribution in [0.4, 0.5) is 15.8 Å². The maximum absolute atomic E-state index is 13.7. The number of anilines is 2. The van der Waals surface area contributed by atoms with E-state index in [-0.39, 0.29) is 11.7 Å². The first-order valence-corrected chi connectivity index (χ1v) is 8.41. The fourth-order valence-corrected chi connectivity index (χ4v) is 3.19. The van der Waals surface area contributed by atoms with E-state index in [1.165, 1.54) is 12.1 Å². The average molecular weight is 330 g/mol. The summed E-state index contributed by atoms with van der Waals surface area (Å²) in [6.07, 6.45) is 5.76. The molecule has 1 amide bonds. The standard InChI is InChI=1S/C18H23FN4O/c1-3-8-22-9-10-23(17-11-15(19)5-6-16(17)22)18(24)7-4-14-12-20-21(2)13-14/h5-6,11-13H,3-4,7-10H2,1-2H3. The summed E-state index contributed by atoms with van der Waals surface area (Å²) in [7, 11) is 1.86. The van der Waals surface area contributed by atoms with E-state index in [2.05, 4.69) is 16.9 Å². The number of rotatable bonds is 5. The van der Waals surface area contributed by atoms with Gasteiger partial charge in [-0.2, -0.15) is 5.10 Å². The van der Waals surface area contributed by atoms with E-state index in [1.54, 1.807) is 21.8 Å². The van der Waals surface area contributed by atoms with Crippen molar-refractivity contribution in [3.63, 3.8) is 0 Å². The van der Waals surface area contributed by atoms with Crippen molar-refractivity contribution in [3.8, 4) is 0 Å². The highest BCUT2D eigenvalue weighted by Gasteiger charge is 2.26. The molecule has 0 unspecified atom stereocenters. The van der Waals surface area contributed by atoms with Crippen molar-refractivity contribution in [1.29, 1.82) is 0 Å². The monoisotopic (exact) mass is 330 g/mol. The number of carbonyl (C=O) groups excluding carboxylic acids is 1. The van der Waals surface area contributed by atoms with Crippen LogP contribution in [0.25, 0.3) is 0 Å². The summed E-state index contributed by atoms with van der Waals surface area (Å²) in [5.74, 6) is -0.279. The van der Waals surface area contributed by atoms with Gasteiger partial charge in [-0.25, -0.2) is 4.39 Å². The molecule has 0 radical (unpaired) electrons. The van der Waals surface area contributed by atoms with Gasteiger partial charge >= 0.3 is 0 Å². The average Bonchev–Trinajstić information content (AvgIpc) is 2.98. The van der Waals surface area contributed by atoms with Crippen molar-refractivity contribution >= 4 is 17.3 Å². The lowest BCUT2D eigenvalue weighted by molar-refractivity contribution is -0.118. The Balaban J connectivity index is 1.76. The largest absolute Gasteiger partial charge is 0.368 e. The first-order chi connectivity index (χ1) is 11.6. The third-order valence-corrected chi connectivity index (χ3v) is 4.34. The van der Waals surface area contributed by atoms with Gasteiger partial charge in [-0.05, 0) is 36.6 Å². The molecule has 0 fully saturated rings. The Morgan fingerprint density at radius 1 is 1.29 bits per heavy atom. The van der Waals surface area contributed by atoms with Crippen LogP contribution in [-0.4, -0.2) is 35.3 Å². The normalized spacial score (nSPS) is 14.0. The van der Waals surface area contributed by atoms with Gasteiger partial charge < -0.3 is 9.80 Å². The number of benzene rings is 1. The highest BCUT2D eigenvalue weighted by molar-refractivity contribution is 5.98. The van der Waals surface area contributed by atoms with E-state index in [9.17, 15) is 9.18 Å². The topological polar surface area (TPSA) is 41.4 Å². The van der Waals surface area contributed by atoms with Crippen LogP contribution in [0.2, 0.25) is 0 Å². The molecule has 1 aliphatic heterocycles. The van der Waals surface area contributed by atoms with Gasteiger partial charge in [0, 0.05) is 39.3 Å². The second-order valence-electron chi connectivity index (χ2n) is 6.19. The molecule has 0 bridgehead atoms. The third-order valence-electron chi connectivity index (χ3n) is 4.34. The van der Waals surface area contributed by atoms with Crippen LogP contribution in [0.5, 0.6) is 0 Å². The van der Waals surface area contributed by atoms with Crippen molar-refractivity contribution in [2.45, 2.75) is 26.2 Å². The molecule has 3 rings (SSSR count). The van der Waals surface area contributed by atoms with Crippen LogP contribution in [-0.2, 0) is 18.3 Å². The number of hydrogen-bond acceptors (Lipinski definition) is 3. The van der Waals surface area contributed by atoms with Crippen LogP contribution < -0.4 is 9.80 Å². The van der Waals surface area contributed by atoms with Crippen molar-refractivity contribution in [2.75, 3.05) is 29.4 Å². The van der Waals surface area contributed by atoms with Crippen LogP contribution >= 0.6 is 0 Å². The van der Waals surface area contributed by atoms with E-state index < -0.39 is 0 Å². The number of nitrogens with zero attached hydrogens (tertiary/aromatic N) is 4. The molecule has 0 atom stereocenters. The zero-order valence-corrected chi connectivity index (χ0v) is 14.2. The molecule has 0 aliphatic carbocycles. The first kappa shape index (κ1) is 16.5. The molecular formula is C18H23FN4O. The molecule has 6 heteroatoms. The van der Waals surface area contributed by atoms with Gasteiger partial charge in [-0.15, -0.1) is 0 Å². The number of aryl methyl sites for hydroxylation is 2. The molecule has 0 N–H and O–H groups in total. The molecule has 1 aromatic heterocycles. The number of carbonyl (C=O) groups is 1.